The number of alkyl halides is 2. The third kappa shape index (κ3) is 3.39. The molecule has 0 spiro atoms. The van der Waals surface area contributed by atoms with Crippen molar-refractivity contribution >= 4 is 0 Å². The van der Waals surface area contributed by atoms with E-state index in [1.54, 1.807) is 13.2 Å². The van der Waals surface area contributed by atoms with Crippen LogP contribution in [0.25, 0.3) is 0 Å². The van der Waals surface area contributed by atoms with Gasteiger partial charge < -0.3 is 14.8 Å². The number of rotatable bonds is 5. The fourth-order valence-corrected chi connectivity index (χ4v) is 2.72. The Hall–Kier alpha value is -1.36. The smallest absolute Gasteiger partial charge is 0.267 e. The molecule has 0 atom stereocenters. The van der Waals surface area contributed by atoms with Crippen molar-refractivity contribution in [2.24, 2.45) is 5.92 Å². The van der Waals surface area contributed by atoms with Crippen LogP contribution in [-0.4, -0.2) is 27.3 Å². The summed E-state index contributed by atoms with van der Waals surface area (Å²) in [6.45, 7) is 1.98. The largest absolute Gasteiger partial charge is 0.496 e. The van der Waals surface area contributed by atoms with E-state index in [2.05, 4.69) is 5.32 Å². The van der Waals surface area contributed by atoms with Gasteiger partial charge in [0.15, 0.2) is 0 Å². The molecule has 0 aliphatic carbocycles. The first kappa shape index (κ1) is 15.0. The van der Waals surface area contributed by atoms with E-state index in [9.17, 15) is 8.78 Å². The van der Waals surface area contributed by atoms with E-state index in [1.165, 1.54) is 13.2 Å². The zero-order valence-corrected chi connectivity index (χ0v) is 11.9. The molecule has 0 aromatic heterocycles. The highest BCUT2D eigenvalue weighted by molar-refractivity contribution is 5.47. The van der Waals surface area contributed by atoms with Gasteiger partial charge >= 0.3 is 0 Å². The molecule has 1 aliphatic heterocycles. The highest BCUT2D eigenvalue weighted by atomic mass is 19.3. The lowest BCUT2D eigenvalue weighted by Crippen LogP contribution is -2.28. The number of ether oxygens (including phenoxy) is 2. The number of methoxy groups -OCH3 is 2. The van der Waals surface area contributed by atoms with Gasteiger partial charge in [-0.3, -0.25) is 0 Å². The normalized spacial score (nSPS) is 16.4. The fourth-order valence-electron chi connectivity index (χ4n) is 2.72. The van der Waals surface area contributed by atoms with E-state index < -0.39 is 6.43 Å². The van der Waals surface area contributed by atoms with Crippen LogP contribution >= 0.6 is 0 Å². The maximum atomic E-state index is 13.1. The second-order valence-electron chi connectivity index (χ2n) is 5.10. The number of piperidine rings is 1. The van der Waals surface area contributed by atoms with Gasteiger partial charge in [0.2, 0.25) is 0 Å². The number of benzene rings is 1. The molecular formula is C15H21F2NO2. The van der Waals surface area contributed by atoms with Crippen molar-refractivity contribution in [2.75, 3.05) is 27.3 Å². The van der Waals surface area contributed by atoms with Gasteiger partial charge in [-0.05, 0) is 49.9 Å². The lowest BCUT2D eigenvalue weighted by molar-refractivity contribution is 0.146. The van der Waals surface area contributed by atoms with Gasteiger partial charge in [-0.25, -0.2) is 8.78 Å². The Bertz CT molecular complexity index is 446. The van der Waals surface area contributed by atoms with Crippen LogP contribution in [0.1, 0.15) is 30.4 Å². The first-order valence-corrected chi connectivity index (χ1v) is 6.89. The highest BCUT2D eigenvalue weighted by Gasteiger charge is 2.21. The minimum Gasteiger partial charge on any atom is -0.496 e. The van der Waals surface area contributed by atoms with E-state index in [0.29, 0.717) is 11.7 Å². The van der Waals surface area contributed by atoms with Crippen LogP contribution < -0.4 is 14.8 Å². The van der Waals surface area contributed by atoms with Gasteiger partial charge in [0, 0.05) is 6.07 Å². The van der Waals surface area contributed by atoms with Crippen LogP contribution in [-0.2, 0) is 6.42 Å². The Morgan fingerprint density at radius 2 is 1.80 bits per heavy atom. The van der Waals surface area contributed by atoms with Gasteiger partial charge in [-0.1, -0.05) is 0 Å². The molecule has 1 N–H and O–H groups in total. The lowest BCUT2D eigenvalue weighted by Gasteiger charge is -2.24. The molecule has 2 rings (SSSR count). The number of halogens is 2. The highest BCUT2D eigenvalue weighted by Crippen LogP contribution is 2.36. The van der Waals surface area contributed by atoms with Crippen LogP contribution in [0.15, 0.2) is 12.1 Å². The molecule has 0 unspecified atom stereocenters. The zero-order valence-electron chi connectivity index (χ0n) is 11.9. The standard InChI is InChI=1S/C15H21F2NO2/c1-19-13-9-14(20-2)12(15(16)17)8-11(13)7-10-3-5-18-6-4-10/h8-10,15,18H,3-7H2,1-2H3. The first-order chi connectivity index (χ1) is 9.65. The molecule has 1 aromatic carbocycles. The van der Waals surface area contributed by atoms with Gasteiger partial charge in [0.05, 0.1) is 19.8 Å². The minimum absolute atomic E-state index is 0.0581. The van der Waals surface area contributed by atoms with Crippen molar-refractivity contribution in [2.45, 2.75) is 25.7 Å². The maximum absolute atomic E-state index is 13.1. The summed E-state index contributed by atoms with van der Waals surface area (Å²) in [4.78, 5) is 0. The number of hydrogen-bond acceptors (Lipinski definition) is 3. The fraction of sp³-hybridized carbons (Fsp3) is 0.600. The molecule has 1 saturated heterocycles. The van der Waals surface area contributed by atoms with Crippen molar-refractivity contribution in [3.05, 3.63) is 23.3 Å². The molecule has 1 aliphatic rings. The molecule has 1 fully saturated rings. The summed E-state index contributed by atoms with van der Waals surface area (Å²) in [6, 6.07) is 3.10. The van der Waals surface area contributed by atoms with Crippen molar-refractivity contribution in [3.63, 3.8) is 0 Å². The van der Waals surface area contributed by atoms with Gasteiger partial charge in [-0.2, -0.15) is 0 Å². The molecule has 0 saturated carbocycles. The topological polar surface area (TPSA) is 30.5 Å². The van der Waals surface area contributed by atoms with E-state index >= 15 is 0 Å². The molecule has 20 heavy (non-hydrogen) atoms. The quantitative estimate of drug-likeness (QED) is 0.901. The Morgan fingerprint density at radius 1 is 1.15 bits per heavy atom. The predicted molar refractivity (Wildman–Crippen MR) is 73.8 cm³/mol. The van der Waals surface area contributed by atoms with Crippen molar-refractivity contribution < 1.29 is 18.3 Å². The van der Waals surface area contributed by atoms with Crippen molar-refractivity contribution in [3.8, 4) is 11.5 Å². The zero-order chi connectivity index (χ0) is 14.5. The molecule has 3 nitrogen and oxygen atoms in total. The summed E-state index contributed by atoms with van der Waals surface area (Å²) in [7, 11) is 2.95. The third-order valence-electron chi connectivity index (χ3n) is 3.84. The molecule has 112 valence electrons. The Labute approximate surface area is 118 Å². The summed E-state index contributed by atoms with van der Waals surface area (Å²) < 4.78 is 36.5. The Balaban J connectivity index is 2.27. The van der Waals surface area contributed by atoms with Gasteiger partial charge in [0.1, 0.15) is 11.5 Å². The van der Waals surface area contributed by atoms with E-state index in [4.69, 9.17) is 9.47 Å². The Morgan fingerprint density at radius 3 is 2.35 bits per heavy atom. The van der Waals surface area contributed by atoms with Crippen LogP contribution in [0.3, 0.4) is 0 Å². The summed E-state index contributed by atoms with van der Waals surface area (Å²) in [5, 5.41) is 3.31. The molecule has 0 amide bonds. The second kappa shape index (κ2) is 6.88. The minimum atomic E-state index is -2.54. The second-order valence-corrected chi connectivity index (χ2v) is 5.10. The summed E-state index contributed by atoms with van der Waals surface area (Å²) >= 11 is 0. The van der Waals surface area contributed by atoms with E-state index in [0.717, 1.165) is 37.9 Å². The monoisotopic (exact) mass is 285 g/mol. The number of hydrogen-bond donors (Lipinski definition) is 1. The molecular weight excluding hydrogens is 264 g/mol. The third-order valence-corrected chi connectivity index (χ3v) is 3.84. The maximum Gasteiger partial charge on any atom is 0.267 e. The molecule has 0 radical (unpaired) electrons. The lowest BCUT2D eigenvalue weighted by atomic mass is 9.90. The van der Waals surface area contributed by atoms with Crippen LogP contribution in [0.4, 0.5) is 8.78 Å². The van der Waals surface area contributed by atoms with Gasteiger partial charge in [0.25, 0.3) is 6.43 Å². The van der Waals surface area contributed by atoms with Gasteiger partial charge in [-0.15, -0.1) is 0 Å². The van der Waals surface area contributed by atoms with E-state index in [1.807, 2.05) is 0 Å². The molecule has 1 heterocycles. The van der Waals surface area contributed by atoms with Crippen LogP contribution in [0, 0.1) is 5.92 Å². The first-order valence-electron chi connectivity index (χ1n) is 6.89. The van der Waals surface area contributed by atoms with Crippen LogP contribution in [0.2, 0.25) is 0 Å². The molecule has 1 aromatic rings. The predicted octanol–water partition coefficient (Wildman–Crippen LogP) is 3.18. The average molecular weight is 285 g/mol. The van der Waals surface area contributed by atoms with Crippen LogP contribution in [0.5, 0.6) is 11.5 Å². The van der Waals surface area contributed by atoms with E-state index in [-0.39, 0.29) is 11.3 Å². The number of nitrogens with one attached hydrogen (secondary N) is 1. The average Bonchev–Trinajstić information content (AvgIpc) is 2.47. The summed E-state index contributed by atoms with van der Waals surface area (Å²) in [5.41, 5.74) is 0.785. The van der Waals surface area contributed by atoms with Crippen molar-refractivity contribution in [1.29, 1.82) is 0 Å². The summed E-state index contributed by atoms with van der Waals surface area (Å²) in [5.74, 6) is 1.33. The Kier molecular flexibility index (Phi) is 5.17. The molecule has 5 heteroatoms. The SMILES string of the molecule is COc1cc(OC)c(C(F)F)cc1CC1CCNCC1. The van der Waals surface area contributed by atoms with Crippen molar-refractivity contribution in [1.82, 2.24) is 5.32 Å². The summed E-state index contributed by atoms with van der Waals surface area (Å²) in [6.07, 6.45) is 0.370. The molecule has 0 bridgehead atoms.